The van der Waals surface area contributed by atoms with E-state index >= 15 is 0 Å². The minimum absolute atomic E-state index is 0.248. The zero-order chi connectivity index (χ0) is 16.7. The molecule has 2 aromatic carbocycles. The quantitative estimate of drug-likeness (QED) is 0.851. The SMILES string of the molecule is COc1cc(CNC(=O)NCc2ccc(Cl)cc2)cc(OC)c1. The molecule has 0 unspecified atom stereocenters. The lowest BCUT2D eigenvalue weighted by molar-refractivity contribution is 0.240. The highest BCUT2D eigenvalue weighted by Crippen LogP contribution is 2.22. The number of amides is 2. The summed E-state index contributed by atoms with van der Waals surface area (Å²) in [4.78, 5) is 11.9. The summed E-state index contributed by atoms with van der Waals surface area (Å²) >= 11 is 5.82. The van der Waals surface area contributed by atoms with E-state index in [-0.39, 0.29) is 6.03 Å². The molecule has 0 saturated heterocycles. The average Bonchev–Trinajstić information content (AvgIpc) is 2.59. The first-order valence-corrected chi connectivity index (χ1v) is 7.46. The molecule has 0 atom stereocenters. The highest BCUT2D eigenvalue weighted by atomic mass is 35.5. The van der Waals surface area contributed by atoms with Crippen molar-refractivity contribution in [1.82, 2.24) is 10.6 Å². The number of halogens is 1. The Labute approximate surface area is 140 Å². The van der Waals surface area contributed by atoms with Gasteiger partial charge in [0.05, 0.1) is 14.2 Å². The van der Waals surface area contributed by atoms with Crippen LogP contribution < -0.4 is 20.1 Å². The molecule has 0 fully saturated rings. The number of benzene rings is 2. The molecule has 0 aliphatic rings. The zero-order valence-electron chi connectivity index (χ0n) is 13.1. The van der Waals surface area contributed by atoms with Crippen LogP contribution in [0.5, 0.6) is 11.5 Å². The number of rotatable bonds is 6. The van der Waals surface area contributed by atoms with Crippen molar-refractivity contribution in [3.8, 4) is 11.5 Å². The van der Waals surface area contributed by atoms with E-state index in [9.17, 15) is 4.79 Å². The average molecular weight is 335 g/mol. The van der Waals surface area contributed by atoms with Gasteiger partial charge < -0.3 is 20.1 Å². The van der Waals surface area contributed by atoms with Gasteiger partial charge in [-0.2, -0.15) is 0 Å². The van der Waals surface area contributed by atoms with Crippen molar-refractivity contribution >= 4 is 17.6 Å². The standard InChI is InChI=1S/C17H19ClN2O3/c1-22-15-7-13(8-16(9-15)23-2)11-20-17(21)19-10-12-3-5-14(18)6-4-12/h3-9H,10-11H2,1-2H3,(H2,19,20,21). The van der Waals surface area contributed by atoms with Gasteiger partial charge in [0.2, 0.25) is 0 Å². The lowest BCUT2D eigenvalue weighted by Gasteiger charge is -2.10. The largest absolute Gasteiger partial charge is 0.497 e. The van der Waals surface area contributed by atoms with E-state index in [4.69, 9.17) is 21.1 Å². The van der Waals surface area contributed by atoms with E-state index in [0.29, 0.717) is 29.6 Å². The summed E-state index contributed by atoms with van der Waals surface area (Å²) in [6.45, 7) is 0.810. The maximum absolute atomic E-state index is 11.9. The fraction of sp³-hybridized carbons (Fsp3) is 0.235. The molecular formula is C17H19ClN2O3. The molecule has 2 amide bonds. The first-order valence-electron chi connectivity index (χ1n) is 7.09. The predicted molar refractivity (Wildman–Crippen MR) is 90.1 cm³/mol. The monoisotopic (exact) mass is 334 g/mol. The Hall–Kier alpha value is -2.40. The molecule has 23 heavy (non-hydrogen) atoms. The molecule has 0 saturated carbocycles. The van der Waals surface area contributed by atoms with Crippen molar-refractivity contribution in [3.05, 3.63) is 58.6 Å². The van der Waals surface area contributed by atoms with Crippen LogP contribution in [0.2, 0.25) is 5.02 Å². The Morgan fingerprint density at radius 3 is 1.96 bits per heavy atom. The third kappa shape index (κ3) is 5.38. The Bertz CT molecular complexity index is 637. The summed E-state index contributed by atoms with van der Waals surface area (Å²) < 4.78 is 10.4. The van der Waals surface area contributed by atoms with Crippen LogP contribution in [0.25, 0.3) is 0 Å². The Morgan fingerprint density at radius 1 is 0.913 bits per heavy atom. The van der Waals surface area contributed by atoms with Crippen molar-refractivity contribution < 1.29 is 14.3 Å². The zero-order valence-corrected chi connectivity index (χ0v) is 13.8. The van der Waals surface area contributed by atoms with Gasteiger partial charge in [0.1, 0.15) is 11.5 Å². The highest BCUT2D eigenvalue weighted by Gasteiger charge is 2.04. The fourth-order valence-corrected chi connectivity index (χ4v) is 2.12. The number of carbonyl (C=O) groups is 1. The molecule has 2 rings (SSSR count). The molecule has 0 aliphatic heterocycles. The number of urea groups is 1. The van der Waals surface area contributed by atoms with Crippen LogP contribution in [0.3, 0.4) is 0 Å². The lowest BCUT2D eigenvalue weighted by atomic mass is 10.2. The van der Waals surface area contributed by atoms with Gasteiger partial charge >= 0.3 is 6.03 Å². The molecule has 0 heterocycles. The molecule has 6 heteroatoms. The molecule has 0 aromatic heterocycles. The van der Waals surface area contributed by atoms with E-state index in [2.05, 4.69) is 10.6 Å². The van der Waals surface area contributed by atoms with Crippen LogP contribution in [0, 0.1) is 0 Å². The second-order valence-electron chi connectivity index (χ2n) is 4.88. The maximum Gasteiger partial charge on any atom is 0.315 e. The number of hydrogen-bond donors (Lipinski definition) is 2. The number of hydrogen-bond acceptors (Lipinski definition) is 3. The van der Waals surface area contributed by atoms with Gasteiger partial charge in [-0.15, -0.1) is 0 Å². The third-order valence-corrected chi connectivity index (χ3v) is 3.48. The van der Waals surface area contributed by atoms with E-state index in [1.165, 1.54) is 0 Å². The molecule has 122 valence electrons. The van der Waals surface area contributed by atoms with Crippen LogP contribution in [0.15, 0.2) is 42.5 Å². The number of methoxy groups -OCH3 is 2. The minimum Gasteiger partial charge on any atom is -0.497 e. The normalized spacial score (nSPS) is 10.0. The summed E-state index contributed by atoms with van der Waals surface area (Å²) in [5.41, 5.74) is 1.87. The topological polar surface area (TPSA) is 59.6 Å². The molecule has 0 spiro atoms. The van der Waals surface area contributed by atoms with Crippen LogP contribution in [-0.2, 0) is 13.1 Å². The van der Waals surface area contributed by atoms with E-state index < -0.39 is 0 Å². The molecule has 5 nitrogen and oxygen atoms in total. The molecule has 2 N–H and O–H groups in total. The van der Waals surface area contributed by atoms with Crippen molar-refractivity contribution in [1.29, 1.82) is 0 Å². The molecule has 2 aromatic rings. The summed E-state index contributed by atoms with van der Waals surface area (Å²) in [7, 11) is 3.18. The lowest BCUT2D eigenvalue weighted by Crippen LogP contribution is -2.34. The molecule has 0 aliphatic carbocycles. The minimum atomic E-state index is -0.248. The number of carbonyl (C=O) groups excluding carboxylic acids is 1. The fourth-order valence-electron chi connectivity index (χ4n) is 2.00. The number of nitrogens with one attached hydrogen (secondary N) is 2. The summed E-state index contributed by atoms with van der Waals surface area (Å²) in [6, 6.07) is 12.6. The highest BCUT2D eigenvalue weighted by molar-refractivity contribution is 6.30. The van der Waals surface area contributed by atoms with Gasteiger partial charge in [-0.05, 0) is 35.4 Å². The van der Waals surface area contributed by atoms with Gasteiger partial charge in [0.25, 0.3) is 0 Å². The number of ether oxygens (including phenoxy) is 2. The van der Waals surface area contributed by atoms with Crippen LogP contribution >= 0.6 is 11.6 Å². The Balaban J connectivity index is 1.85. The third-order valence-electron chi connectivity index (χ3n) is 3.23. The van der Waals surface area contributed by atoms with Gasteiger partial charge in [-0.25, -0.2) is 4.79 Å². The Morgan fingerprint density at radius 2 is 1.43 bits per heavy atom. The second-order valence-corrected chi connectivity index (χ2v) is 5.32. The van der Waals surface area contributed by atoms with E-state index in [1.807, 2.05) is 24.3 Å². The summed E-state index contributed by atoms with van der Waals surface area (Å²) in [6.07, 6.45) is 0. The van der Waals surface area contributed by atoms with Crippen LogP contribution in [0.1, 0.15) is 11.1 Å². The van der Waals surface area contributed by atoms with Crippen LogP contribution in [-0.4, -0.2) is 20.3 Å². The van der Waals surface area contributed by atoms with Crippen molar-refractivity contribution in [2.45, 2.75) is 13.1 Å². The second kappa shape index (κ2) is 8.29. The summed E-state index contributed by atoms with van der Waals surface area (Å²) in [5, 5.41) is 6.26. The van der Waals surface area contributed by atoms with Crippen molar-refractivity contribution in [2.75, 3.05) is 14.2 Å². The van der Waals surface area contributed by atoms with Gasteiger partial charge in [-0.1, -0.05) is 23.7 Å². The van der Waals surface area contributed by atoms with Gasteiger partial charge in [0, 0.05) is 24.2 Å². The van der Waals surface area contributed by atoms with Crippen molar-refractivity contribution in [2.24, 2.45) is 0 Å². The maximum atomic E-state index is 11.9. The van der Waals surface area contributed by atoms with Gasteiger partial charge in [0.15, 0.2) is 0 Å². The molecular weight excluding hydrogens is 316 g/mol. The smallest absolute Gasteiger partial charge is 0.315 e. The first kappa shape index (κ1) is 17.0. The van der Waals surface area contributed by atoms with Crippen molar-refractivity contribution in [3.63, 3.8) is 0 Å². The van der Waals surface area contributed by atoms with Crippen LogP contribution in [0.4, 0.5) is 4.79 Å². The predicted octanol–water partition coefficient (Wildman–Crippen LogP) is 3.36. The Kier molecular flexibility index (Phi) is 6.11. The van der Waals surface area contributed by atoms with Gasteiger partial charge in [-0.3, -0.25) is 0 Å². The first-order chi connectivity index (χ1) is 11.1. The molecule has 0 radical (unpaired) electrons. The summed E-state index contributed by atoms with van der Waals surface area (Å²) in [5.74, 6) is 1.37. The van der Waals surface area contributed by atoms with E-state index in [0.717, 1.165) is 11.1 Å². The molecule has 0 bridgehead atoms. The van der Waals surface area contributed by atoms with E-state index in [1.54, 1.807) is 32.4 Å².